The lowest BCUT2D eigenvalue weighted by atomic mass is 10.2. The number of aryl methyl sites for hydroxylation is 2. The second-order valence-electron chi connectivity index (χ2n) is 4.90. The van der Waals surface area contributed by atoms with Crippen LogP contribution in [0, 0.1) is 13.8 Å². The molecule has 0 saturated carbocycles. The molecule has 0 aromatic carbocycles. The first-order valence-corrected chi connectivity index (χ1v) is 8.66. The molecule has 0 N–H and O–H groups in total. The van der Waals surface area contributed by atoms with Gasteiger partial charge in [-0.3, -0.25) is 4.79 Å². The minimum atomic E-state index is 0.0887. The summed E-state index contributed by atoms with van der Waals surface area (Å²) in [6, 6.07) is 1.89. The van der Waals surface area contributed by atoms with Crippen LogP contribution in [0.4, 0.5) is 0 Å². The van der Waals surface area contributed by atoms with Gasteiger partial charge >= 0.3 is 4.87 Å². The van der Waals surface area contributed by atoms with E-state index in [-0.39, 0.29) is 4.87 Å². The van der Waals surface area contributed by atoms with Gasteiger partial charge < -0.3 is 13.6 Å². The Kier molecular flexibility index (Phi) is 4.21. The lowest BCUT2D eigenvalue weighted by Crippen LogP contribution is -2.15. The number of rotatable bonds is 5. The molecule has 6 nitrogen and oxygen atoms in total. The molecule has 0 radical (unpaired) electrons. The number of thioether (sulfide) groups is 1. The van der Waals surface area contributed by atoms with E-state index in [1.54, 1.807) is 22.6 Å². The Morgan fingerprint density at radius 3 is 2.82 bits per heavy atom. The van der Waals surface area contributed by atoms with Crippen LogP contribution in [0.5, 0.6) is 0 Å². The van der Waals surface area contributed by atoms with E-state index >= 15 is 0 Å². The highest BCUT2D eigenvalue weighted by molar-refractivity contribution is 7.99. The van der Waals surface area contributed by atoms with Crippen LogP contribution in [0.25, 0.3) is 11.4 Å². The van der Waals surface area contributed by atoms with Crippen LogP contribution in [0.3, 0.4) is 0 Å². The number of nitrogens with zero attached hydrogens (tertiary/aromatic N) is 4. The molecule has 8 heteroatoms. The molecule has 3 aromatic rings. The fourth-order valence-corrected chi connectivity index (χ4v) is 3.79. The average Bonchev–Trinajstić information content (AvgIpc) is 3.15. The van der Waals surface area contributed by atoms with Gasteiger partial charge in [0.2, 0.25) is 0 Å². The van der Waals surface area contributed by atoms with Crippen molar-refractivity contribution in [3.05, 3.63) is 38.8 Å². The van der Waals surface area contributed by atoms with Crippen LogP contribution in [0.1, 0.15) is 11.5 Å². The second-order valence-corrected chi connectivity index (χ2v) is 6.78. The molecule has 0 spiro atoms. The van der Waals surface area contributed by atoms with Crippen LogP contribution >= 0.6 is 23.1 Å². The van der Waals surface area contributed by atoms with E-state index in [1.807, 2.05) is 36.9 Å². The predicted octanol–water partition coefficient (Wildman–Crippen LogP) is 2.71. The highest BCUT2D eigenvalue weighted by Crippen LogP contribution is 2.25. The Morgan fingerprint density at radius 1 is 1.36 bits per heavy atom. The molecule has 0 amide bonds. The first-order chi connectivity index (χ1) is 10.6. The predicted molar refractivity (Wildman–Crippen MR) is 87.5 cm³/mol. The van der Waals surface area contributed by atoms with Crippen molar-refractivity contribution >= 4 is 23.1 Å². The monoisotopic (exact) mass is 336 g/mol. The molecule has 3 heterocycles. The SMILES string of the molecule is Cc1occc1-c1nnc(SCCn2c(C)csc2=O)n1C. The van der Waals surface area contributed by atoms with E-state index in [0.717, 1.165) is 33.8 Å². The summed E-state index contributed by atoms with van der Waals surface area (Å²) < 4.78 is 9.05. The first kappa shape index (κ1) is 15.1. The fourth-order valence-electron chi connectivity index (χ4n) is 2.19. The molecule has 22 heavy (non-hydrogen) atoms. The summed E-state index contributed by atoms with van der Waals surface area (Å²) >= 11 is 2.83. The minimum Gasteiger partial charge on any atom is -0.469 e. The molecule has 3 aromatic heterocycles. The number of aromatic nitrogens is 4. The van der Waals surface area contributed by atoms with Crippen molar-refractivity contribution < 1.29 is 4.42 Å². The number of furan rings is 1. The van der Waals surface area contributed by atoms with E-state index in [9.17, 15) is 4.79 Å². The maximum absolute atomic E-state index is 11.7. The average molecular weight is 336 g/mol. The Morgan fingerprint density at radius 2 is 2.18 bits per heavy atom. The Balaban J connectivity index is 1.71. The molecular weight excluding hydrogens is 320 g/mol. The van der Waals surface area contributed by atoms with Crippen LogP contribution < -0.4 is 4.87 Å². The van der Waals surface area contributed by atoms with Crippen molar-refractivity contribution in [2.24, 2.45) is 7.05 Å². The maximum atomic E-state index is 11.7. The fraction of sp³-hybridized carbons (Fsp3) is 0.357. The highest BCUT2D eigenvalue weighted by Gasteiger charge is 2.14. The van der Waals surface area contributed by atoms with Crippen LogP contribution in [0.2, 0.25) is 0 Å². The number of thiazole rings is 1. The van der Waals surface area contributed by atoms with Crippen molar-refractivity contribution in [1.29, 1.82) is 0 Å². The topological polar surface area (TPSA) is 65.8 Å². The van der Waals surface area contributed by atoms with E-state index in [2.05, 4.69) is 10.2 Å². The molecule has 0 saturated heterocycles. The molecule has 0 aliphatic rings. The molecule has 116 valence electrons. The summed E-state index contributed by atoms with van der Waals surface area (Å²) in [4.78, 5) is 11.8. The second kappa shape index (κ2) is 6.13. The quantitative estimate of drug-likeness (QED) is 0.670. The Hall–Kier alpha value is -1.80. The summed E-state index contributed by atoms with van der Waals surface area (Å²) in [7, 11) is 1.94. The van der Waals surface area contributed by atoms with Crippen molar-refractivity contribution in [2.75, 3.05) is 5.75 Å². The standard InChI is InChI=1S/C14H16N4O2S2/c1-9-8-22-14(19)18(9)5-7-21-13-16-15-12(17(13)3)11-4-6-20-10(11)2/h4,6,8H,5,7H2,1-3H3. The maximum Gasteiger partial charge on any atom is 0.307 e. The van der Waals surface area contributed by atoms with Gasteiger partial charge in [-0.05, 0) is 19.9 Å². The smallest absolute Gasteiger partial charge is 0.307 e. The molecule has 0 atom stereocenters. The Labute approximate surface area is 135 Å². The summed E-state index contributed by atoms with van der Waals surface area (Å²) in [6.45, 7) is 4.53. The Bertz CT molecular complexity index is 843. The van der Waals surface area contributed by atoms with Gasteiger partial charge in [0.25, 0.3) is 0 Å². The van der Waals surface area contributed by atoms with Crippen molar-refractivity contribution in [2.45, 2.75) is 25.5 Å². The van der Waals surface area contributed by atoms with Gasteiger partial charge in [0.1, 0.15) is 5.76 Å². The van der Waals surface area contributed by atoms with E-state index in [1.165, 1.54) is 11.3 Å². The third-order valence-corrected chi connectivity index (χ3v) is 5.34. The normalized spacial score (nSPS) is 11.2. The van der Waals surface area contributed by atoms with Gasteiger partial charge in [-0.15, -0.1) is 10.2 Å². The van der Waals surface area contributed by atoms with Gasteiger partial charge in [0, 0.05) is 30.4 Å². The van der Waals surface area contributed by atoms with Crippen LogP contribution in [0.15, 0.2) is 32.1 Å². The first-order valence-electron chi connectivity index (χ1n) is 6.79. The molecule has 0 bridgehead atoms. The van der Waals surface area contributed by atoms with Gasteiger partial charge in [0.05, 0.1) is 11.8 Å². The zero-order valence-corrected chi connectivity index (χ0v) is 14.2. The zero-order chi connectivity index (χ0) is 15.7. The molecule has 0 unspecified atom stereocenters. The molecular formula is C14H16N4O2S2. The summed E-state index contributed by atoms with van der Waals surface area (Å²) in [5, 5.41) is 11.2. The summed E-state index contributed by atoms with van der Waals surface area (Å²) in [5.41, 5.74) is 1.95. The third kappa shape index (κ3) is 2.76. The van der Waals surface area contributed by atoms with Crippen molar-refractivity contribution in [3.63, 3.8) is 0 Å². The van der Waals surface area contributed by atoms with Gasteiger partial charge in [0.15, 0.2) is 11.0 Å². The highest BCUT2D eigenvalue weighted by atomic mass is 32.2. The molecule has 0 fully saturated rings. The largest absolute Gasteiger partial charge is 0.469 e. The van der Waals surface area contributed by atoms with Crippen molar-refractivity contribution in [1.82, 2.24) is 19.3 Å². The van der Waals surface area contributed by atoms with Crippen molar-refractivity contribution in [3.8, 4) is 11.4 Å². The lowest BCUT2D eigenvalue weighted by Gasteiger charge is -2.05. The number of hydrogen-bond acceptors (Lipinski definition) is 6. The summed E-state index contributed by atoms with van der Waals surface area (Å²) in [5.74, 6) is 2.39. The van der Waals surface area contributed by atoms with Gasteiger partial charge in [-0.2, -0.15) is 0 Å². The lowest BCUT2D eigenvalue weighted by molar-refractivity contribution is 0.534. The van der Waals surface area contributed by atoms with Crippen LogP contribution in [-0.4, -0.2) is 25.1 Å². The van der Waals surface area contributed by atoms with E-state index in [4.69, 9.17) is 4.42 Å². The minimum absolute atomic E-state index is 0.0887. The van der Waals surface area contributed by atoms with E-state index in [0.29, 0.717) is 6.54 Å². The van der Waals surface area contributed by atoms with Gasteiger partial charge in [-0.1, -0.05) is 23.1 Å². The molecule has 0 aliphatic heterocycles. The van der Waals surface area contributed by atoms with E-state index < -0.39 is 0 Å². The van der Waals surface area contributed by atoms with Crippen LogP contribution in [-0.2, 0) is 13.6 Å². The van der Waals surface area contributed by atoms with Gasteiger partial charge in [-0.25, -0.2) is 0 Å². The summed E-state index contributed by atoms with van der Waals surface area (Å²) in [6.07, 6.45) is 1.65. The number of hydrogen-bond donors (Lipinski definition) is 0. The molecule has 3 rings (SSSR count). The third-order valence-electron chi connectivity index (χ3n) is 3.46. The molecule has 0 aliphatic carbocycles. The zero-order valence-electron chi connectivity index (χ0n) is 12.6.